The molecule has 2 aromatic rings. The van der Waals surface area contributed by atoms with E-state index in [1.54, 1.807) is 24.3 Å². The van der Waals surface area contributed by atoms with Crippen molar-refractivity contribution in [3.63, 3.8) is 0 Å². The van der Waals surface area contributed by atoms with Crippen LogP contribution in [0.2, 0.25) is 5.02 Å². The Hall–Kier alpha value is -1.81. The molecule has 0 aliphatic carbocycles. The van der Waals surface area contributed by atoms with Crippen molar-refractivity contribution in [2.24, 2.45) is 0 Å². The Morgan fingerprint density at radius 2 is 2.11 bits per heavy atom. The summed E-state index contributed by atoms with van der Waals surface area (Å²) in [5.74, 6) is -0.0113. The molecule has 2 rings (SSSR count). The van der Waals surface area contributed by atoms with Crippen molar-refractivity contribution in [3.8, 4) is 17.3 Å². The van der Waals surface area contributed by atoms with Crippen molar-refractivity contribution in [1.29, 1.82) is 0 Å². The summed E-state index contributed by atoms with van der Waals surface area (Å²) in [5, 5.41) is 10.4. The zero-order chi connectivity index (χ0) is 13.3. The minimum absolute atomic E-state index is 0.0883. The van der Waals surface area contributed by atoms with Gasteiger partial charge in [-0.2, -0.15) is 4.98 Å². The van der Waals surface area contributed by atoms with Crippen LogP contribution in [0.4, 0.5) is 0 Å². The molecular formula is C13H13ClN2O2. The number of halogens is 1. The predicted molar refractivity (Wildman–Crippen MR) is 71.1 cm³/mol. The van der Waals surface area contributed by atoms with E-state index >= 15 is 0 Å². The van der Waals surface area contributed by atoms with Crippen LogP contribution in [-0.4, -0.2) is 15.1 Å². The van der Waals surface area contributed by atoms with Gasteiger partial charge < -0.3 is 10.1 Å². The van der Waals surface area contributed by atoms with Crippen LogP contribution >= 0.6 is 11.6 Å². The molecule has 5 heteroatoms. The van der Waals surface area contributed by atoms with Gasteiger partial charge in [0, 0.05) is 10.6 Å². The molecule has 0 bridgehead atoms. The number of aromatic amines is 1. The lowest BCUT2D eigenvalue weighted by Gasteiger charge is -2.08. The number of nitrogens with zero attached hydrogens (tertiary/aromatic N) is 1. The fourth-order valence-corrected chi connectivity index (χ4v) is 1.95. The summed E-state index contributed by atoms with van der Waals surface area (Å²) in [7, 11) is 0. The van der Waals surface area contributed by atoms with Gasteiger partial charge in [-0.3, -0.25) is 4.79 Å². The van der Waals surface area contributed by atoms with Gasteiger partial charge in [0.05, 0.1) is 5.56 Å². The number of rotatable bonds is 2. The fraction of sp³-hybridized carbons (Fsp3) is 0.231. The highest BCUT2D eigenvalue weighted by Gasteiger charge is 2.14. The molecule has 0 radical (unpaired) electrons. The van der Waals surface area contributed by atoms with Crippen LogP contribution in [0.3, 0.4) is 0 Å². The van der Waals surface area contributed by atoms with E-state index in [0.717, 1.165) is 0 Å². The zero-order valence-corrected chi connectivity index (χ0v) is 10.8. The lowest BCUT2D eigenvalue weighted by Crippen LogP contribution is -2.16. The number of aromatic hydroxyl groups is 1. The lowest BCUT2D eigenvalue weighted by molar-refractivity contribution is 0.440. The van der Waals surface area contributed by atoms with Gasteiger partial charge in [-0.05, 0) is 18.1 Å². The second-order valence-corrected chi connectivity index (χ2v) is 4.75. The molecule has 0 aliphatic heterocycles. The van der Waals surface area contributed by atoms with Gasteiger partial charge in [0.2, 0.25) is 5.88 Å². The van der Waals surface area contributed by atoms with Crippen molar-refractivity contribution in [2.45, 2.75) is 19.8 Å². The maximum atomic E-state index is 11.9. The summed E-state index contributed by atoms with van der Waals surface area (Å²) in [6.45, 7) is 3.65. The Morgan fingerprint density at radius 3 is 2.67 bits per heavy atom. The van der Waals surface area contributed by atoms with Crippen LogP contribution in [0.15, 0.2) is 29.1 Å². The van der Waals surface area contributed by atoms with Gasteiger partial charge in [-0.1, -0.05) is 37.6 Å². The fourth-order valence-electron chi connectivity index (χ4n) is 1.76. The molecule has 2 N–H and O–H groups in total. The number of aromatic nitrogens is 2. The molecule has 0 atom stereocenters. The molecular weight excluding hydrogens is 252 g/mol. The van der Waals surface area contributed by atoms with Gasteiger partial charge in [0.1, 0.15) is 5.82 Å². The maximum absolute atomic E-state index is 11.9. The van der Waals surface area contributed by atoms with E-state index in [2.05, 4.69) is 9.97 Å². The Balaban J connectivity index is 2.59. The van der Waals surface area contributed by atoms with E-state index < -0.39 is 0 Å². The smallest absolute Gasteiger partial charge is 0.258 e. The normalized spacial score (nSPS) is 10.9. The third kappa shape index (κ3) is 2.38. The minimum atomic E-state index is -0.326. The van der Waals surface area contributed by atoms with Crippen LogP contribution in [0.5, 0.6) is 5.88 Å². The second-order valence-electron chi connectivity index (χ2n) is 4.32. The molecule has 94 valence electrons. The molecule has 0 unspecified atom stereocenters. The first-order valence-electron chi connectivity index (χ1n) is 5.58. The lowest BCUT2D eigenvalue weighted by atomic mass is 10.1. The van der Waals surface area contributed by atoms with E-state index in [1.165, 1.54) is 0 Å². The summed E-state index contributed by atoms with van der Waals surface area (Å²) < 4.78 is 0. The average molecular weight is 265 g/mol. The monoisotopic (exact) mass is 264 g/mol. The molecule has 1 aromatic heterocycles. The Morgan fingerprint density at radius 1 is 1.39 bits per heavy atom. The highest BCUT2D eigenvalue weighted by molar-refractivity contribution is 6.30. The van der Waals surface area contributed by atoms with Crippen LogP contribution in [0.25, 0.3) is 11.4 Å². The second kappa shape index (κ2) is 4.82. The van der Waals surface area contributed by atoms with Gasteiger partial charge in [0.25, 0.3) is 5.56 Å². The number of hydrogen-bond acceptors (Lipinski definition) is 3. The van der Waals surface area contributed by atoms with Crippen molar-refractivity contribution in [3.05, 3.63) is 45.2 Å². The highest BCUT2D eigenvalue weighted by Crippen LogP contribution is 2.23. The molecule has 0 amide bonds. The number of hydrogen-bond donors (Lipinski definition) is 2. The number of benzene rings is 1. The Bertz CT molecular complexity index is 635. The van der Waals surface area contributed by atoms with E-state index in [-0.39, 0.29) is 17.4 Å². The van der Waals surface area contributed by atoms with E-state index in [9.17, 15) is 9.90 Å². The third-order valence-corrected chi connectivity index (χ3v) is 2.85. The molecule has 1 heterocycles. The van der Waals surface area contributed by atoms with Gasteiger partial charge in [-0.25, -0.2) is 0 Å². The summed E-state index contributed by atoms with van der Waals surface area (Å²) in [6.07, 6.45) is 0. The third-order valence-electron chi connectivity index (χ3n) is 2.61. The molecule has 4 nitrogen and oxygen atoms in total. The number of H-pyrrole nitrogens is 1. The van der Waals surface area contributed by atoms with Crippen molar-refractivity contribution in [1.82, 2.24) is 9.97 Å². The summed E-state index contributed by atoms with van der Waals surface area (Å²) in [4.78, 5) is 18.5. The molecule has 0 fully saturated rings. The topological polar surface area (TPSA) is 66.0 Å². The quantitative estimate of drug-likeness (QED) is 0.876. The first kappa shape index (κ1) is 12.6. The molecule has 18 heavy (non-hydrogen) atoms. The largest absolute Gasteiger partial charge is 0.493 e. The maximum Gasteiger partial charge on any atom is 0.258 e. The van der Waals surface area contributed by atoms with Crippen LogP contribution in [0.1, 0.15) is 25.3 Å². The molecule has 0 aliphatic rings. The first-order chi connectivity index (χ1) is 8.49. The van der Waals surface area contributed by atoms with Crippen molar-refractivity contribution >= 4 is 11.6 Å². The predicted octanol–water partition coefficient (Wildman–Crippen LogP) is 2.92. The van der Waals surface area contributed by atoms with Crippen molar-refractivity contribution in [2.75, 3.05) is 0 Å². The number of nitrogens with one attached hydrogen (secondary N) is 1. The average Bonchev–Trinajstić information content (AvgIpc) is 2.27. The molecule has 0 saturated carbocycles. The van der Waals surface area contributed by atoms with Crippen LogP contribution < -0.4 is 5.56 Å². The zero-order valence-electron chi connectivity index (χ0n) is 10.1. The van der Waals surface area contributed by atoms with Gasteiger partial charge >= 0.3 is 0 Å². The SMILES string of the molecule is CC(C)c1c(O)nc(-c2cccc(Cl)c2)[nH]c1=O. The Labute approximate surface area is 109 Å². The summed E-state index contributed by atoms with van der Waals surface area (Å²) in [6, 6.07) is 6.92. The van der Waals surface area contributed by atoms with Gasteiger partial charge in [0.15, 0.2) is 0 Å². The summed E-state index contributed by atoms with van der Waals surface area (Å²) >= 11 is 5.87. The van der Waals surface area contributed by atoms with Crippen molar-refractivity contribution < 1.29 is 5.11 Å². The van der Waals surface area contributed by atoms with Gasteiger partial charge in [-0.15, -0.1) is 0 Å². The standard InChI is InChI=1S/C13H13ClN2O2/c1-7(2)10-12(17)15-11(16-13(10)18)8-4-3-5-9(14)6-8/h3-7H,1-2H3,(H2,15,16,17,18). The molecule has 0 spiro atoms. The first-order valence-corrected chi connectivity index (χ1v) is 5.96. The molecule has 1 aromatic carbocycles. The highest BCUT2D eigenvalue weighted by atomic mass is 35.5. The van der Waals surface area contributed by atoms with E-state index in [1.807, 2.05) is 13.8 Å². The molecule has 0 saturated heterocycles. The van der Waals surface area contributed by atoms with E-state index in [0.29, 0.717) is 22.0 Å². The van der Waals surface area contributed by atoms with E-state index in [4.69, 9.17) is 11.6 Å². The van der Waals surface area contributed by atoms with Crippen LogP contribution in [0, 0.1) is 0 Å². The Kier molecular flexibility index (Phi) is 3.39. The summed E-state index contributed by atoms with van der Waals surface area (Å²) in [5.41, 5.74) is 0.624. The van der Waals surface area contributed by atoms with Crippen LogP contribution in [-0.2, 0) is 0 Å². The minimum Gasteiger partial charge on any atom is -0.493 e.